The quantitative estimate of drug-likeness (QED) is 0.419. The van der Waals surface area contributed by atoms with Crippen LogP contribution in [0.2, 0.25) is 39.3 Å². The zero-order valence-corrected chi connectivity index (χ0v) is 15.9. The van der Waals surface area contributed by atoms with Crippen molar-refractivity contribution in [1.82, 2.24) is 4.98 Å². The molecule has 3 N–H and O–H groups in total. The highest BCUT2D eigenvalue weighted by Crippen LogP contribution is 2.26. The second kappa shape index (κ2) is 6.68. The predicted octanol–water partition coefficient (Wildman–Crippen LogP) is 2.23. The summed E-state index contributed by atoms with van der Waals surface area (Å²) in [6.45, 7) is 12.5. The molecule has 4 nitrogen and oxygen atoms in total. The number of aromatic nitrogens is 1. The first-order chi connectivity index (χ1) is 9.89. The van der Waals surface area contributed by atoms with Crippen LogP contribution in [0.15, 0.2) is 6.07 Å². The van der Waals surface area contributed by atoms with E-state index in [-0.39, 0.29) is 17.0 Å². The molecule has 0 aliphatic heterocycles. The Morgan fingerprint density at radius 1 is 0.955 bits per heavy atom. The molecule has 0 aromatic carbocycles. The Morgan fingerprint density at radius 3 is 1.91 bits per heavy atom. The minimum atomic E-state index is -1.79. The summed E-state index contributed by atoms with van der Waals surface area (Å²) >= 11 is 0. The lowest BCUT2D eigenvalue weighted by Gasteiger charge is -2.10. The fourth-order valence-corrected chi connectivity index (χ4v) is 2.40. The van der Waals surface area contributed by atoms with E-state index in [0.29, 0.717) is 5.69 Å². The third kappa shape index (κ3) is 6.04. The van der Waals surface area contributed by atoms with Crippen LogP contribution in [-0.4, -0.2) is 36.5 Å². The normalized spacial score (nSPS) is 11.5. The molecule has 0 amide bonds. The number of aromatic hydroxyl groups is 1. The van der Waals surface area contributed by atoms with Crippen LogP contribution in [0.4, 0.5) is 0 Å². The van der Waals surface area contributed by atoms with E-state index in [2.05, 4.69) is 67.2 Å². The molecule has 6 heteroatoms. The fraction of sp³-hybridized carbons (Fsp3) is 0.438. The van der Waals surface area contributed by atoms with Gasteiger partial charge < -0.3 is 15.3 Å². The van der Waals surface area contributed by atoms with E-state index in [9.17, 15) is 15.3 Å². The van der Waals surface area contributed by atoms with Crippen LogP contribution in [0.25, 0.3) is 0 Å². The van der Waals surface area contributed by atoms with Gasteiger partial charge in [-0.1, -0.05) is 51.1 Å². The molecule has 0 aliphatic rings. The van der Waals surface area contributed by atoms with Gasteiger partial charge in [-0.3, -0.25) is 0 Å². The average molecular weight is 334 g/mol. The summed E-state index contributed by atoms with van der Waals surface area (Å²) in [5, 5.41) is 28.9. The van der Waals surface area contributed by atoms with Gasteiger partial charge in [0.25, 0.3) is 0 Å². The molecule has 1 rings (SSSR count). The SMILES string of the molecule is C[Si](C)(C)C#Cc1cc(C(O)O)c(O)c(C#C[Si](C)(C)C)n1. The third-order valence-corrected chi connectivity index (χ3v) is 4.17. The van der Waals surface area contributed by atoms with E-state index < -0.39 is 22.4 Å². The molecule has 0 saturated heterocycles. The highest BCUT2D eigenvalue weighted by atomic mass is 28.3. The molecule has 22 heavy (non-hydrogen) atoms. The van der Waals surface area contributed by atoms with Gasteiger partial charge in [-0.15, -0.1) is 11.1 Å². The van der Waals surface area contributed by atoms with Gasteiger partial charge in [-0.25, -0.2) is 4.98 Å². The van der Waals surface area contributed by atoms with Crippen molar-refractivity contribution in [3.63, 3.8) is 0 Å². The molecule has 118 valence electrons. The van der Waals surface area contributed by atoms with E-state index in [4.69, 9.17) is 0 Å². The Hall–Kier alpha value is -1.58. The van der Waals surface area contributed by atoms with Crippen LogP contribution < -0.4 is 0 Å². The zero-order valence-electron chi connectivity index (χ0n) is 13.9. The first-order valence-electron chi connectivity index (χ1n) is 7.05. The Kier molecular flexibility index (Phi) is 5.61. The van der Waals surface area contributed by atoms with Gasteiger partial charge >= 0.3 is 0 Å². The van der Waals surface area contributed by atoms with Crippen molar-refractivity contribution in [2.75, 3.05) is 0 Å². The maximum atomic E-state index is 10.1. The zero-order chi connectivity index (χ0) is 17.1. The van der Waals surface area contributed by atoms with Gasteiger partial charge in [0.15, 0.2) is 17.7 Å². The summed E-state index contributed by atoms with van der Waals surface area (Å²) < 4.78 is 0. The van der Waals surface area contributed by atoms with E-state index >= 15 is 0 Å². The van der Waals surface area contributed by atoms with Gasteiger partial charge in [-0.05, 0) is 6.07 Å². The van der Waals surface area contributed by atoms with Crippen molar-refractivity contribution in [3.8, 4) is 28.7 Å². The van der Waals surface area contributed by atoms with Crippen LogP contribution in [0.3, 0.4) is 0 Å². The molecule has 1 aromatic heterocycles. The summed E-state index contributed by atoms with van der Waals surface area (Å²) in [7, 11) is -3.22. The lowest BCUT2D eigenvalue weighted by molar-refractivity contribution is -0.0440. The molecule has 1 aromatic rings. The smallest absolute Gasteiger partial charge is 0.182 e. The number of aliphatic hydroxyl groups excluding tert-OH is 1. The highest BCUT2D eigenvalue weighted by molar-refractivity contribution is 6.84. The largest absolute Gasteiger partial charge is 0.505 e. The maximum Gasteiger partial charge on any atom is 0.182 e. The van der Waals surface area contributed by atoms with Crippen LogP contribution >= 0.6 is 0 Å². The Bertz CT molecular complexity index is 678. The number of hydrogen-bond acceptors (Lipinski definition) is 4. The summed E-state index contributed by atoms with van der Waals surface area (Å²) in [6, 6.07) is 1.40. The fourth-order valence-electron chi connectivity index (χ4n) is 1.40. The molecule has 0 bridgehead atoms. The summed E-state index contributed by atoms with van der Waals surface area (Å²) in [5.74, 6) is 5.52. The third-order valence-electron chi connectivity index (χ3n) is 2.42. The van der Waals surface area contributed by atoms with E-state index in [1.165, 1.54) is 6.07 Å². The van der Waals surface area contributed by atoms with Gasteiger partial charge in [0.1, 0.15) is 21.8 Å². The molecule has 0 atom stereocenters. The molecule has 0 aliphatic carbocycles. The maximum absolute atomic E-state index is 10.1. The summed E-state index contributed by atoms with van der Waals surface area (Å²) in [4.78, 5) is 4.25. The summed E-state index contributed by atoms with van der Waals surface area (Å²) in [6.07, 6.45) is -1.79. The Labute approximate surface area is 134 Å². The molecular weight excluding hydrogens is 310 g/mol. The molecular formula is C16H23NO3Si2. The van der Waals surface area contributed by atoms with Gasteiger partial charge in [0.2, 0.25) is 0 Å². The number of rotatable bonds is 1. The van der Waals surface area contributed by atoms with Gasteiger partial charge in [0, 0.05) is 0 Å². The van der Waals surface area contributed by atoms with Crippen molar-refractivity contribution in [2.45, 2.75) is 45.6 Å². The molecule has 1 heterocycles. The first kappa shape index (κ1) is 18.5. The monoisotopic (exact) mass is 333 g/mol. The molecule has 0 fully saturated rings. The van der Waals surface area contributed by atoms with Crippen molar-refractivity contribution in [3.05, 3.63) is 23.0 Å². The van der Waals surface area contributed by atoms with Crippen molar-refractivity contribution in [1.29, 1.82) is 0 Å². The first-order valence-corrected chi connectivity index (χ1v) is 14.1. The van der Waals surface area contributed by atoms with E-state index in [0.717, 1.165) is 0 Å². The number of pyridine rings is 1. The molecule has 0 unspecified atom stereocenters. The minimum Gasteiger partial charge on any atom is -0.505 e. The topological polar surface area (TPSA) is 73.6 Å². The standard InChI is InChI=1S/C16H23NO3Si2/c1-21(2,3)9-7-12-11-13(16(19)20)15(18)14(17-12)8-10-22(4,5)6/h11,16,18-20H,1-6H3. The lowest BCUT2D eigenvalue weighted by atomic mass is 10.1. The molecule has 0 saturated carbocycles. The van der Waals surface area contributed by atoms with Gasteiger partial charge in [-0.2, -0.15) is 0 Å². The Morgan fingerprint density at radius 2 is 1.45 bits per heavy atom. The van der Waals surface area contributed by atoms with Crippen molar-refractivity contribution >= 4 is 16.1 Å². The van der Waals surface area contributed by atoms with Crippen LogP contribution in [0, 0.1) is 22.9 Å². The minimum absolute atomic E-state index is 0.0187. The number of hydrogen-bond donors (Lipinski definition) is 3. The second-order valence-electron chi connectivity index (χ2n) is 7.17. The van der Waals surface area contributed by atoms with Crippen molar-refractivity contribution < 1.29 is 15.3 Å². The predicted molar refractivity (Wildman–Crippen MR) is 93.5 cm³/mol. The van der Waals surface area contributed by atoms with Crippen LogP contribution in [0.1, 0.15) is 23.2 Å². The van der Waals surface area contributed by atoms with Crippen LogP contribution in [0.5, 0.6) is 5.75 Å². The van der Waals surface area contributed by atoms with Gasteiger partial charge in [0.05, 0.1) is 5.56 Å². The highest BCUT2D eigenvalue weighted by Gasteiger charge is 2.16. The van der Waals surface area contributed by atoms with Crippen molar-refractivity contribution in [2.24, 2.45) is 0 Å². The second-order valence-corrected chi connectivity index (χ2v) is 16.7. The van der Waals surface area contributed by atoms with E-state index in [1.54, 1.807) is 0 Å². The summed E-state index contributed by atoms with van der Waals surface area (Å²) in [5.41, 5.74) is 6.79. The van der Waals surface area contributed by atoms with E-state index in [1.807, 2.05) is 0 Å². The number of nitrogens with zero attached hydrogens (tertiary/aromatic N) is 1. The molecule has 0 radical (unpaired) electrons. The van der Waals surface area contributed by atoms with Crippen LogP contribution in [-0.2, 0) is 0 Å². The Balaban J connectivity index is 3.45. The average Bonchev–Trinajstić information content (AvgIpc) is 2.33. The number of aliphatic hydroxyl groups is 2. The molecule has 0 spiro atoms. The lowest BCUT2D eigenvalue weighted by Crippen LogP contribution is -2.17.